The second-order valence-corrected chi connectivity index (χ2v) is 5.25. The lowest BCUT2D eigenvalue weighted by Crippen LogP contribution is -2.47. The molecule has 1 heterocycles. The van der Waals surface area contributed by atoms with E-state index in [2.05, 4.69) is 18.3 Å². The molecule has 2 atom stereocenters. The minimum absolute atomic E-state index is 0.198. The molecule has 0 spiro atoms. The monoisotopic (exact) mass is 253 g/mol. The Hall–Kier alpha value is -0.380. The fourth-order valence-corrected chi connectivity index (χ4v) is 2.92. The Labute approximate surface area is 111 Å². The number of likely N-dealkylation sites (N-methyl/N-ethyl adjacent to an activating group) is 1. The third kappa shape index (κ3) is 4.08. The summed E-state index contributed by atoms with van der Waals surface area (Å²) in [4.78, 5) is 0. The average Bonchev–Trinajstić information content (AvgIpc) is 2.38. The van der Waals surface area contributed by atoms with E-state index in [1.54, 1.807) is 5.57 Å². The average molecular weight is 253 g/mol. The van der Waals surface area contributed by atoms with Crippen molar-refractivity contribution in [3.63, 3.8) is 0 Å². The van der Waals surface area contributed by atoms with Crippen LogP contribution >= 0.6 is 0 Å². The van der Waals surface area contributed by atoms with Crippen molar-refractivity contribution < 1.29 is 9.47 Å². The number of rotatable bonds is 4. The van der Waals surface area contributed by atoms with Gasteiger partial charge in [-0.25, -0.2) is 0 Å². The van der Waals surface area contributed by atoms with Gasteiger partial charge >= 0.3 is 0 Å². The summed E-state index contributed by atoms with van der Waals surface area (Å²) in [7, 11) is 0. The van der Waals surface area contributed by atoms with Gasteiger partial charge in [0.2, 0.25) is 0 Å². The Morgan fingerprint density at radius 1 is 1.28 bits per heavy atom. The normalized spacial score (nSPS) is 28.1. The minimum atomic E-state index is 0.198. The molecule has 0 saturated carbocycles. The van der Waals surface area contributed by atoms with Crippen molar-refractivity contribution in [3.8, 4) is 0 Å². The van der Waals surface area contributed by atoms with Crippen molar-refractivity contribution in [3.05, 3.63) is 11.6 Å². The number of allylic oxidation sites excluding steroid dienone is 1. The number of hydrogen-bond donors (Lipinski definition) is 1. The van der Waals surface area contributed by atoms with Crippen LogP contribution in [0.1, 0.15) is 45.4 Å². The first kappa shape index (κ1) is 14.0. The second kappa shape index (κ2) is 7.93. The van der Waals surface area contributed by atoms with E-state index in [9.17, 15) is 0 Å². The highest BCUT2D eigenvalue weighted by Crippen LogP contribution is 2.23. The van der Waals surface area contributed by atoms with E-state index in [0.29, 0.717) is 6.04 Å². The SMILES string of the molecule is CCNC(C1=CCCCCCC1)C1COCCO1. The zero-order chi connectivity index (χ0) is 12.6. The summed E-state index contributed by atoms with van der Waals surface area (Å²) >= 11 is 0. The molecule has 1 aliphatic carbocycles. The van der Waals surface area contributed by atoms with E-state index in [1.807, 2.05) is 0 Å². The summed E-state index contributed by atoms with van der Waals surface area (Å²) in [5, 5.41) is 3.60. The fraction of sp³-hybridized carbons (Fsp3) is 0.867. The highest BCUT2D eigenvalue weighted by atomic mass is 16.6. The maximum absolute atomic E-state index is 5.89. The number of nitrogens with one attached hydrogen (secondary N) is 1. The van der Waals surface area contributed by atoms with Gasteiger partial charge in [-0.15, -0.1) is 0 Å². The van der Waals surface area contributed by atoms with Crippen molar-refractivity contribution >= 4 is 0 Å². The molecule has 18 heavy (non-hydrogen) atoms. The maximum Gasteiger partial charge on any atom is 0.1000 e. The Bertz CT molecular complexity index is 259. The first-order valence-corrected chi connectivity index (χ1v) is 7.53. The van der Waals surface area contributed by atoms with Gasteiger partial charge in [0.25, 0.3) is 0 Å². The third-order valence-corrected chi connectivity index (χ3v) is 3.86. The smallest absolute Gasteiger partial charge is 0.1000 e. The predicted molar refractivity (Wildman–Crippen MR) is 73.8 cm³/mol. The molecule has 0 radical (unpaired) electrons. The van der Waals surface area contributed by atoms with E-state index >= 15 is 0 Å². The standard InChI is InChI=1S/C15H27NO2/c1-2-16-15(14-12-17-10-11-18-14)13-8-6-4-3-5-7-9-13/h8,14-16H,2-7,9-12H2,1H3. The molecule has 0 amide bonds. The first-order valence-electron chi connectivity index (χ1n) is 7.53. The zero-order valence-corrected chi connectivity index (χ0v) is 11.6. The van der Waals surface area contributed by atoms with Gasteiger partial charge in [0.05, 0.1) is 32.0 Å². The van der Waals surface area contributed by atoms with Crippen LogP contribution < -0.4 is 5.32 Å². The predicted octanol–water partition coefficient (Wildman–Crippen LogP) is 2.66. The summed E-state index contributed by atoms with van der Waals surface area (Å²) in [5.74, 6) is 0. The summed E-state index contributed by atoms with van der Waals surface area (Å²) in [6, 6.07) is 0.355. The van der Waals surface area contributed by atoms with Gasteiger partial charge in [0.15, 0.2) is 0 Å². The van der Waals surface area contributed by atoms with Crippen molar-refractivity contribution in [2.75, 3.05) is 26.4 Å². The summed E-state index contributed by atoms with van der Waals surface area (Å²) in [6.45, 7) is 5.37. The van der Waals surface area contributed by atoms with Gasteiger partial charge in [-0.2, -0.15) is 0 Å². The summed E-state index contributed by atoms with van der Waals surface area (Å²) < 4.78 is 11.5. The van der Waals surface area contributed by atoms with Gasteiger partial charge in [0, 0.05) is 0 Å². The molecular weight excluding hydrogens is 226 g/mol. The maximum atomic E-state index is 5.89. The Morgan fingerprint density at radius 2 is 2.17 bits per heavy atom. The van der Waals surface area contributed by atoms with Crippen LogP contribution in [0.4, 0.5) is 0 Å². The molecule has 2 rings (SSSR count). The molecule has 0 aromatic rings. The van der Waals surface area contributed by atoms with Crippen LogP contribution in [0.5, 0.6) is 0 Å². The molecule has 104 valence electrons. The summed E-state index contributed by atoms with van der Waals surface area (Å²) in [6.07, 6.45) is 10.5. The molecule has 3 nitrogen and oxygen atoms in total. The van der Waals surface area contributed by atoms with Gasteiger partial charge in [-0.3, -0.25) is 0 Å². The van der Waals surface area contributed by atoms with Crippen LogP contribution in [0.3, 0.4) is 0 Å². The Kier molecular flexibility index (Phi) is 6.18. The molecule has 1 aliphatic heterocycles. The van der Waals surface area contributed by atoms with Gasteiger partial charge in [0.1, 0.15) is 0 Å². The van der Waals surface area contributed by atoms with Crippen LogP contribution in [-0.4, -0.2) is 38.5 Å². The van der Waals surface area contributed by atoms with Gasteiger partial charge < -0.3 is 14.8 Å². The van der Waals surface area contributed by atoms with Crippen LogP contribution in [-0.2, 0) is 9.47 Å². The quantitative estimate of drug-likeness (QED) is 0.781. The molecule has 0 bridgehead atoms. The third-order valence-electron chi connectivity index (χ3n) is 3.86. The topological polar surface area (TPSA) is 30.5 Å². The first-order chi connectivity index (χ1) is 8.92. The molecule has 1 saturated heterocycles. The van der Waals surface area contributed by atoms with Crippen LogP contribution in [0.15, 0.2) is 11.6 Å². The van der Waals surface area contributed by atoms with Crippen LogP contribution in [0.2, 0.25) is 0 Å². The highest BCUT2D eigenvalue weighted by molar-refractivity contribution is 5.14. The number of ether oxygens (including phenoxy) is 2. The van der Waals surface area contributed by atoms with Crippen molar-refractivity contribution in [1.29, 1.82) is 0 Å². The van der Waals surface area contributed by atoms with E-state index in [-0.39, 0.29) is 6.10 Å². The highest BCUT2D eigenvalue weighted by Gasteiger charge is 2.27. The Morgan fingerprint density at radius 3 is 2.94 bits per heavy atom. The molecule has 1 fully saturated rings. The Balaban J connectivity index is 2.01. The van der Waals surface area contributed by atoms with Crippen LogP contribution in [0, 0.1) is 0 Å². The zero-order valence-electron chi connectivity index (χ0n) is 11.6. The minimum Gasteiger partial charge on any atom is -0.376 e. The lowest BCUT2D eigenvalue weighted by molar-refractivity contribution is -0.0970. The fourth-order valence-electron chi connectivity index (χ4n) is 2.92. The summed E-state index contributed by atoms with van der Waals surface area (Å²) in [5.41, 5.74) is 1.55. The van der Waals surface area contributed by atoms with E-state index in [1.165, 1.54) is 38.5 Å². The van der Waals surface area contributed by atoms with Gasteiger partial charge in [-0.1, -0.05) is 31.4 Å². The largest absolute Gasteiger partial charge is 0.376 e. The van der Waals surface area contributed by atoms with E-state index in [0.717, 1.165) is 26.4 Å². The van der Waals surface area contributed by atoms with Gasteiger partial charge in [-0.05, 0) is 32.2 Å². The number of hydrogen-bond acceptors (Lipinski definition) is 3. The van der Waals surface area contributed by atoms with Crippen molar-refractivity contribution in [1.82, 2.24) is 5.32 Å². The molecule has 3 heteroatoms. The van der Waals surface area contributed by atoms with Crippen LogP contribution in [0.25, 0.3) is 0 Å². The molecule has 0 aromatic heterocycles. The van der Waals surface area contributed by atoms with E-state index in [4.69, 9.17) is 9.47 Å². The molecule has 2 unspecified atom stereocenters. The molecule has 0 aromatic carbocycles. The lowest BCUT2D eigenvalue weighted by atomic mass is 9.92. The molecule has 1 N–H and O–H groups in total. The van der Waals surface area contributed by atoms with E-state index < -0.39 is 0 Å². The molecular formula is C15H27NO2. The van der Waals surface area contributed by atoms with Crippen molar-refractivity contribution in [2.24, 2.45) is 0 Å². The lowest BCUT2D eigenvalue weighted by Gasteiger charge is -2.33. The van der Waals surface area contributed by atoms with Crippen molar-refractivity contribution in [2.45, 2.75) is 57.6 Å². The molecule has 2 aliphatic rings. The second-order valence-electron chi connectivity index (χ2n) is 5.25.